The van der Waals surface area contributed by atoms with Gasteiger partial charge in [-0.3, -0.25) is 4.79 Å². The monoisotopic (exact) mass is 325 g/mol. The van der Waals surface area contributed by atoms with Crippen molar-refractivity contribution in [2.45, 2.75) is 57.7 Å². The number of ether oxygens (including phenoxy) is 1. The van der Waals surface area contributed by atoms with E-state index in [1.54, 1.807) is 6.26 Å². The Morgan fingerprint density at radius 1 is 1.41 bits per heavy atom. The molecular weight excluding hydrogens is 301 g/mol. The Kier molecular flexibility index (Phi) is 6.26. The molecular formula is C17H24FNO2S. The molecule has 0 atom stereocenters. The smallest absolute Gasteiger partial charge is 0.189 e. The number of hydrogen-bond acceptors (Lipinski definition) is 4. The second-order valence-corrected chi connectivity index (χ2v) is 6.96. The van der Waals surface area contributed by atoms with E-state index in [-0.39, 0.29) is 17.0 Å². The molecule has 5 heteroatoms. The molecule has 2 rings (SSSR count). The van der Waals surface area contributed by atoms with E-state index in [4.69, 9.17) is 4.74 Å². The molecule has 0 saturated heterocycles. The van der Waals surface area contributed by atoms with E-state index in [1.165, 1.54) is 23.9 Å². The van der Waals surface area contributed by atoms with Crippen LogP contribution in [0.15, 0.2) is 18.2 Å². The highest BCUT2D eigenvalue weighted by atomic mass is 32.2. The highest BCUT2D eigenvalue weighted by Crippen LogP contribution is 2.28. The van der Waals surface area contributed by atoms with Crippen LogP contribution in [0, 0.1) is 5.82 Å². The Hall–Kier alpha value is -1.07. The second kappa shape index (κ2) is 7.97. The van der Waals surface area contributed by atoms with Gasteiger partial charge in [-0.25, -0.2) is 4.39 Å². The van der Waals surface area contributed by atoms with Crippen LogP contribution < -0.4 is 10.1 Å². The van der Waals surface area contributed by atoms with Crippen LogP contribution in [-0.4, -0.2) is 29.6 Å². The van der Waals surface area contributed by atoms with E-state index in [1.807, 2.05) is 6.07 Å². The lowest BCUT2D eigenvalue weighted by atomic mass is 9.88. The summed E-state index contributed by atoms with van der Waals surface area (Å²) in [5.41, 5.74) is 0.813. The summed E-state index contributed by atoms with van der Waals surface area (Å²) in [5.74, 6) is 0.264. The Labute approximate surface area is 136 Å². The fraction of sp³-hybridized carbons (Fsp3) is 0.588. The van der Waals surface area contributed by atoms with Crippen molar-refractivity contribution in [1.82, 2.24) is 5.32 Å². The van der Waals surface area contributed by atoms with Crippen molar-refractivity contribution in [2.24, 2.45) is 0 Å². The molecule has 1 aromatic carbocycles. The first-order chi connectivity index (χ1) is 10.5. The van der Waals surface area contributed by atoms with E-state index in [9.17, 15) is 9.18 Å². The standard InChI is InChI=1S/C17H24FNO2S/c1-11(2)19-14-9-16(10-14)21-15-7-12(6-13(18)8-15)4-5-17(20)22-3/h6-8,11,14,16,19H,4-5,9-10H2,1-3H3. The molecule has 0 heterocycles. The third-order valence-electron chi connectivity index (χ3n) is 3.74. The summed E-state index contributed by atoms with van der Waals surface area (Å²) in [5, 5.41) is 3.58. The topological polar surface area (TPSA) is 38.3 Å². The van der Waals surface area contributed by atoms with Crippen LogP contribution in [0.25, 0.3) is 0 Å². The SMILES string of the molecule is CSC(=O)CCc1cc(F)cc(OC2CC(NC(C)C)C2)c1. The summed E-state index contributed by atoms with van der Waals surface area (Å²) in [7, 11) is 0. The Balaban J connectivity index is 1.86. The molecule has 0 unspecified atom stereocenters. The summed E-state index contributed by atoms with van der Waals surface area (Å²) in [6.07, 6.45) is 4.80. The predicted octanol–water partition coefficient (Wildman–Crippen LogP) is 3.56. The molecule has 0 aromatic heterocycles. The van der Waals surface area contributed by atoms with Crippen molar-refractivity contribution in [2.75, 3.05) is 6.26 Å². The van der Waals surface area contributed by atoms with Crippen molar-refractivity contribution < 1.29 is 13.9 Å². The maximum atomic E-state index is 13.7. The van der Waals surface area contributed by atoms with Crippen molar-refractivity contribution in [3.8, 4) is 5.75 Å². The van der Waals surface area contributed by atoms with Gasteiger partial charge in [0.1, 0.15) is 17.7 Å². The lowest BCUT2D eigenvalue weighted by Gasteiger charge is -2.37. The highest BCUT2D eigenvalue weighted by Gasteiger charge is 2.31. The zero-order chi connectivity index (χ0) is 16.1. The van der Waals surface area contributed by atoms with Crippen LogP contribution >= 0.6 is 11.8 Å². The number of rotatable bonds is 7. The van der Waals surface area contributed by atoms with E-state index in [0.717, 1.165) is 18.4 Å². The summed E-state index contributed by atoms with van der Waals surface area (Å²) in [6, 6.07) is 5.71. The quantitative estimate of drug-likeness (QED) is 0.832. The highest BCUT2D eigenvalue weighted by molar-refractivity contribution is 8.13. The maximum Gasteiger partial charge on any atom is 0.189 e. The number of benzene rings is 1. The Morgan fingerprint density at radius 3 is 2.77 bits per heavy atom. The summed E-state index contributed by atoms with van der Waals surface area (Å²) in [4.78, 5) is 11.3. The minimum Gasteiger partial charge on any atom is -0.490 e. The van der Waals surface area contributed by atoms with Gasteiger partial charge in [0.05, 0.1) is 0 Å². The molecule has 1 aliphatic carbocycles. The number of halogens is 1. The fourth-order valence-electron chi connectivity index (χ4n) is 2.64. The molecule has 3 nitrogen and oxygen atoms in total. The number of thioether (sulfide) groups is 1. The number of aryl methyl sites for hydroxylation is 1. The van der Waals surface area contributed by atoms with Crippen LogP contribution in [0.3, 0.4) is 0 Å². The molecule has 0 bridgehead atoms. The molecule has 0 aliphatic heterocycles. The number of carbonyl (C=O) groups is 1. The third kappa shape index (κ3) is 5.29. The van der Waals surface area contributed by atoms with Crippen molar-refractivity contribution in [3.05, 3.63) is 29.6 Å². The Bertz CT molecular complexity index is 515. The van der Waals surface area contributed by atoms with E-state index < -0.39 is 0 Å². The summed E-state index contributed by atoms with van der Waals surface area (Å²) in [6.45, 7) is 4.26. The van der Waals surface area contributed by atoms with Crippen molar-refractivity contribution >= 4 is 16.9 Å². The van der Waals surface area contributed by atoms with Gasteiger partial charge in [0.25, 0.3) is 0 Å². The van der Waals surface area contributed by atoms with Crippen LogP contribution in [0.4, 0.5) is 4.39 Å². The largest absolute Gasteiger partial charge is 0.490 e. The zero-order valence-corrected chi connectivity index (χ0v) is 14.2. The van der Waals surface area contributed by atoms with Gasteiger partial charge in [-0.05, 0) is 43.2 Å². The van der Waals surface area contributed by atoms with Gasteiger partial charge < -0.3 is 10.1 Å². The van der Waals surface area contributed by atoms with Gasteiger partial charge in [0.15, 0.2) is 5.12 Å². The van der Waals surface area contributed by atoms with Gasteiger partial charge in [-0.2, -0.15) is 0 Å². The average molecular weight is 325 g/mol. The van der Waals surface area contributed by atoms with E-state index in [2.05, 4.69) is 19.2 Å². The third-order valence-corrected chi connectivity index (χ3v) is 4.40. The summed E-state index contributed by atoms with van der Waals surface area (Å²) >= 11 is 1.21. The normalized spacial score (nSPS) is 20.8. The molecule has 0 spiro atoms. The lowest BCUT2D eigenvalue weighted by molar-refractivity contribution is -0.110. The molecule has 1 aliphatic rings. The van der Waals surface area contributed by atoms with E-state index in [0.29, 0.717) is 30.7 Å². The van der Waals surface area contributed by atoms with Crippen LogP contribution in [0.2, 0.25) is 0 Å². The molecule has 0 radical (unpaired) electrons. The van der Waals surface area contributed by atoms with Crippen LogP contribution in [0.1, 0.15) is 38.7 Å². The van der Waals surface area contributed by atoms with Gasteiger partial charge in [0, 0.05) is 24.6 Å². The zero-order valence-electron chi connectivity index (χ0n) is 13.4. The van der Waals surface area contributed by atoms with Crippen molar-refractivity contribution in [3.63, 3.8) is 0 Å². The lowest BCUT2D eigenvalue weighted by Crippen LogP contribution is -2.49. The second-order valence-electron chi connectivity index (χ2n) is 6.10. The minimum atomic E-state index is -0.305. The minimum absolute atomic E-state index is 0.119. The number of carbonyl (C=O) groups excluding carboxylic acids is 1. The molecule has 122 valence electrons. The number of hydrogen-bond donors (Lipinski definition) is 1. The molecule has 1 aromatic rings. The van der Waals surface area contributed by atoms with E-state index >= 15 is 0 Å². The maximum absolute atomic E-state index is 13.7. The first-order valence-corrected chi connectivity index (χ1v) is 8.97. The van der Waals surface area contributed by atoms with Crippen LogP contribution in [0.5, 0.6) is 5.75 Å². The fourth-order valence-corrected chi connectivity index (χ4v) is 2.95. The molecule has 22 heavy (non-hydrogen) atoms. The predicted molar refractivity (Wildman–Crippen MR) is 89.0 cm³/mol. The first-order valence-electron chi connectivity index (χ1n) is 7.75. The summed E-state index contributed by atoms with van der Waals surface area (Å²) < 4.78 is 19.5. The molecule has 1 N–H and O–H groups in total. The number of nitrogens with one attached hydrogen (secondary N) is 1. The van der Waals surface area contributed by atoms with Gasteiger partial charge in [-0.15, -0.1) is 0 Å². The van der Waals surface area contributed by atoms with Crippen molar-refractivity contribution in [1.29, 1.82) is 0 Å². The molecule has 1 saturated carbocycles. The van der Waals surface area contributed by atoms with Gasteiger partial charge >= 0.3 is 0 Å². The van der Waals surface area contributed by atoms with Gasteiger partial charge in [0.2, 0.25) is 0 Å². The Morgan fingerprint density at radius 2 is 2.14 bits per heavy atom. The average Bonchev–Trinajstić information content (AvgIpc) is 2.41. The molecule has 1 fully saturated rings. The van der Waals surface area contributed by atoms with Gasteiger partial charge in [-0.1, -0.05) is 25.6 Å². The first kappa shape index (κ1) is 17.3. The van der Waals surface area contributed by atoms with Crippen LogP contribution in [-0.2, 0) is 11.2 Å². The molecule has 0 amide bonds.